The zero-order valence-corrected chi connectivity index (χ0v) is 34.8. The second-order valence-corrected chi connectivity index (χ2v) is 20.9. The average Bonchev–Trinajstić information content (AvgIpc) is 3.16. The molecule has 2 heterocycles. The van der Waals surface area contributed by atoms with Gasteiger partial charge in [-0.15, -0.1) is 0 Å². The molecule has 0 aliphatic carbocycles. The maximum Gasteiger partial charge on any atom is 0.415 e. The Labute approximate surface area is 328 Å². The second-order valence-electron chi connectivity index (χ2n) is 15.6. The highest BCUT2D eigenvalue weighted by Crippen LogP contribution is 2.45. The molecule has 10 nitrogen and oxygen atoms in total. The summed E-state index contributed by atoms with van der Waals surface area (Å²) in [7, 11) is -0.913. The monoisotopic (exact) mass is 780 g/mol. The largest absolute Gasteiger partial charge is 0.491 e. The van der Waals surface area contributed by atoms with Crippen molar-refractivity contribution in [2.75, 3.05) is 64.6 Å². The number of ether oxygens (including phenoxy) is 6. The Kier molecular flexibility index (Phi) is 15.4. The summed E-state index contributed by atoms with van der Waals surface area (Å²) in [6.45, 7) is 19.1. The van der Waals surface area contributed by atoms with Gasteiger partial charge in [0.2, 0.25) is 8.32 Å². The lowest BCUT2D eigenvalue weighted by atomic mass is 10.1. The van der Waals surface area contributed by atoms with Crippen LogP contribution in [0.5, 0.6) is 17.2 Å². The Morgan fingerprint density at radius 2 is 1.67 bits per heavy atom. The number of methoxy groups -OCH3 is 1. The first-order chi connectivity index (χ1) is 26.4. The fourth-order valence-electron chi connectivity index (χ4n) is 8.17. The van der Waals surface area contributed by atoms with Crippen LogP contribution in [0.15, 0.2) is 66.7 Å². The molecular formula is C43H61FN2O8Si. The molecule has 0 spiro atoms. The Morgan fingerprint density at radius 3 is 2.40 bits per heavy atom. The first-order valence-electron chi connectivity index (χ1n) is 19.7. The van der Waals surface area contributed by atoms with Gasteiger partial charge in [-0.3, -0.25) is 0 Å². The van der Waals surface area contributed by atoms with Crippen LogP contribution in [0.2, 0.25) is 11.1 Å². The van der Waals surface area contributed by atoms with Gasteiger partial charge in [0, 0.05) is 33.4 Å². The van der Waals surface area contributed by atoms with Gasteiger partial charge in [0.1, 0.15) is 36.3 Å². The van der Waals surface area contributed by atoms with E-state index in [1.165, 1.54) is 12.1 Å². The topological polar surface area (TPSA) is 88.2 Å². The lowest BCUT2D eigenvalue weighted by Crippen LogP contribution is -2.65. The number of carbonyl (C=O) groups excluding carboxylic acids is 1. The van der Waals surface area contributed by atoms with Gasteiger partial charge in [-0.1, -0.05) is 45.9 Å². The summed E-state index contributed by atoms with van der Waals surface area (Å²) < 4.78 is 56.0. The van der Waals surface area contributed by atoms with E-state index in [1.807, 2.05) is 6.07 Å². The van der Waals surface area contributed by atoms with E-state index in [-0.39, 0.29) is 23.0 Å². The number of hydrogen-bond acceptors (Lipinski definition) is 9. The van der Waals surface area contributed by atoms with Gasteiger partial charge in [-0.2, -0.15) is 0 Å². The molecular weight excluding hydrogens is 720 g/mol. The quantitative estimate of drug-likeness (QED) is 0.0875. The molecule has 0 radical (unpaired) electrons. The van der Waals surface area contributed by atoms with Crippen molar-refractivity contribution < 1.29 is 42.0 Å². The van der Waals surface area contributed by atoms with Crippen LogP contribution in [-0.2, 0) is 31.9 Å². The first kappa shape index (κ1) is 42.5. The molecule has 12 heteroatoms. The highest BCUT2D eigenvalue weighted by atomic mass is 28.4. The van der Waals surface area contributed by atoms with Crippen molar-refractivity contribution in [3.8, 4) is 17.2 Å². The van der Waals surface area contributed by atoms with Crippen LogP contribution < -0.4 is 19.1 Å². The second kappa shape index (κ2) is 20.0. The normalized spacial score (nSPS) is 16.3. The summed E-state index contributed by atoms with van der Waals surface area (Å²) in [5.74, 6) is 1.70. The summed E-state index contributed by atoms with van der Waals surface area (Å²) in [6.07, 6.45) is 2.14. The van der Waals surface area contributed by atoms with Crippen molar-refractivity contribution in [1.29, 1.82) is 0 Å². The number of fused-ring (bicyclic) bond motifs is 1. The number of benzene rings is 3. The molecule has 1 atom stereocenters. The minimum Gasteiger partial charge on any atom is -0.491 e. The molecule has 302 valence electrons. The number of hydrogen-bond donors (Lipinski definition) is 0. The molecule has 0 saturated carbocycles. The Hall–Kier alpha value is -3.68. The maximum atomic E-state index is 13.4. The standard InChI is InChI=1S/C43H61FN2O8Si/c1-32(2)55(33(3)4,43(5,6)52-31-35-14-19-41-40(28-35)45(22-24-51-41)21-10-23-48-7)54-39-13-9-20-46(29-39)42(47)53-38-17-15-37(16-18-38)50-26-25-49-30-34-11-8-12-36(44)27-34/h8,11-12,14-19,27-28,32-33,39H,9-10,13,20-26,29-31H2,1-7H3. The fraction of sp³-hybridized carbons (Fsp3) is 0.558. The molecule has 0 N–H and O–H groups in total. The zero-order valence-electron chi connectivity index (χ0n) is 33.8. The van der Waals surface area contributed by atoms with Crippen LogP contribution in [0.4, 0.5) is 14.9 Å². The average molecular weight is 781 g/mol. The Balaban J connectivity index is 1.15. The van der Waals surface area contributed by atoms with Gasteiger partial charge in [0.15, 0.2) is 0 Å². The highest BCUT2D eigenvalue weighted by molar-refractivity contribution is 6.79. The number of rotatable bonds is 19. The minimum absolute atomic E-state index is 0.124. The van der Waals surface area contributed by atoms with Crippen molar-refractivity contribution in [1.82, 2.24) is 4.90 Å². The Bertz CT molecular complexity index is 1650. The molecule has 0 bridgehead atoms. The Morgan fingerprint density at radius 1 is 0.927 bits per heavy atom. The van der Waals surface area contributed by atoms with Gasteiger partial charge in [-0.25, -0.2) is 9.18 Å². The summed E-state index contributed by atoms with van der Waals surface area (Å²) in [5, 5.41) is -0.528. The maximum absolute atomic E-state index is 13.4. The first-order valence-corrected chi connectivity index (χ1v) is 21.8. The van der Waals surface area contributed by atoms with E-state index in [1.54, 1.807) is 42.3 Å². The van der Waals surface area contributed by atoms with E-state index < -0.39 is 19.6 Å². The number of amides is 1. The summed E-state index contributed by atoms with van der Waals surface area (Å²) in [6, 6.07) is 19.7. The molecule has 1 amide bonds. The van der Waals surface area contributed by atoms with E-state index in [0.717, 1.165) is 61.5 Å². The molecule has 5 rings (SSSR count). The van der Waals surface area contributed by atoms with Crippen LogP contribution in [0.3, 0.4) is 0 Å². The lowest BCUT2D eigenvalue weighted by molar-refractivity contribution is -0.0117. The fourth-order valence-corrected chi connectivity index (χ4v) is 14.2. The van der Waals surface area contributed by atoms with Crippen molar-refractivity contribution in [2.24, 2.45) is 0 Å². The number of carbonyl (C=O) groups is 1. The van der Waals surface area contributed by atoms with Crippen molar-refractivity contribution in [3.05, 3.63) is 83.7 Å². The lowest BCUT2D eigenvalue weighted by Gasteiger charge is -2.52. The number of likely N-dealkylation sites (tertiary alicyclic amines) is 1. The minimum atomic E-state index is -2.65. The van der Waals surface area contributed by atoms with E-state index in [2.05, 4.69) is 64.6 Å². The van der Waals surface area contributed by atoms with Crippen LogP contribution in [-0.4, -0.2) is 90.4 Å². The van der Waals surface area contributed by atoms with Crippen LogP contribution >= 0.6 is 0 Å². The number of nitrogens with zero attached hydrogens (tertiary/aromatic N) is 2. The van der Waals surface area contributed by atoms with Crippen LogP contribution in [0, 0.1) is 5.82 Å². The number of piperidine rings is 1. The molecule has 1 unspecified atom stereocenters. The molecule has 1 fully saturated rings. The summed E-state index contributed by atoms with van der Waals surface area (Å²) in [4.78, 5) is 17.5. The molecule has 1 saturated heterocycles. The highest BCUT2D eigenvalue weighted by Gasteiger charge is 2.56. The van der Waals surface area contributed by atoms with Crippen LogP contribution in [0.25, 0.3) is 0 Å². The van der Waals surface area contributed by atoms with E-state index >= 15 is 0 Å². The molecule has 3 aromatic carbocycles. The molecule has 0 aromatic heterocycles. The van der Waals surface area contributed by atoms with Crippen molar-refractivity contribution >= 4 is 20.1 Å². The predicted octanol–water partition coefficient (Wildman–Crippen LogP) is 8.94. The molecule has 2 aliphatic rings. The summed E-state index contributed by atoms with van der Waals surface area (Å²) in [5.41, 5.74) is 3.50. The number of halogens is 1. The third-order valence-electron chi connectivity index (χ3n) is 10.7. The van der Waals surface area contributed by atoms with Crippen molar-refractivity contribution in [2.45, 2.75) is 96.4 Å². The van der Waals surface area contributed by atoms with Crippen molar-refractivity contribution in [3.63, 3.8) is 0 Å². The predicted molar refractivity (Wildman–Crippen MR) is 215 cm³/mol. The third-order valence-corrected chi connectivity index (χ3v) is 16.9. The van der Waals surface area contributed by atoms with E-state index in [9.17, 15) is 9.18 Å². The van der Waals surface area contributed by atoms with Gasteiger partial charge in [0.05, 0.1) is 43.4 Å². The van der Waals surface area contributed by atoms with Gasteiger partial charge >= 0.3 is 6.09 Å². The van der Waals surface area contributed by atoms with Gasteiger partial charge < -0.3 is 42.6 Å². The third kappa shape index (κ3) is 11.2. The molecule has 55 heavy (non-hydrogen) atoms. The van der Waals surface area contributed by atoms with Crippen LogP contribution in [0.1, 0.15) is 71.9 Å². The van der Waals surface area contributed by atoms with E-state index in [0.29, 0.717) is 57.6 Å². The SMILES string of the molecule is COCCCN1CCOc2ccc(COC(C)(C)[Si](OC3CCCN(C(=O)Oc4ccc(OCCOCc5cccc(F)c5)cc4)C3)(C(C)C)C(C)C)cc21. The van der Waals surface area contributed by atoms with E-state index in [4.69, 9.17) is 32.8 Å². The molecule has 2 aliphatic heterocycles. The van der Waals surface area contributed by atoms with Gasteiger partial charge in [-0.05, 0) is 104 Å². The van der Waals surface area contributed by atoms with Gasteiger partial charge in [0.25, 0.3) is 0 Å². The molecule has 3 aromatic rings. The smallest absolute Gasteiger partial charge is 0.415 e. The summed E-state index contributed by atoms with van der Waals surface area (Å²) >= 11 is 0. The zero-order chi connectivity index (χ0) is 39.4. The number of anilines is 1.